The third-order valence-corrected chi connectivity index (χ3v) is 16.3. The van der Waals surface area contributed by atoms with Crippen molar-refractivity contribution in [3.8, 4) is 0 Å². The first-order valence-corrected chi connectivity index (χ1v) is 35.8. The van der Waals surface area contributed by atoms with Crippen molar-refractivity contribution in [1.82, 2.24) is 0 Å². The van der Waals surface area contributed by atoms with Crippen LogP contribution >= 0.6 is 0 Å². The lowest BCUT2D eigenvalue weighted by molar-refractivity contribution is -0.161. The van der Waals surface area contributed by atoms with E-state index >= 15 is 0 Å². The van der Waals surface area contributed by atoms with Gasteiger partial charge in [0.1, 0.15) is 6.61 Å². The van der Waals surface area contributed by atoms with Gasteiger partial charge in [0.25, 0.3) is 0 Å². The Labute approximate surface area is 500 Å². The van der Waals surface area contributed by atoms with Crippen molar-refractivity contribution in [2.24, 2.45) is 0 Å². The number of carbonyl (C=O) groups excluding carboxylic acids is 2. The van der Waals surface area contributed by atoms with Crippen LogP contribution in [0.3, 0.4) is 0 Å². The topological polar surface area (TPSA) is 72.8 Å². The Morgan fingerprint density at radius 2 is 0.537 bits per heavy atom. The van der Waals surface area contributed by atoms with Crippen molar-refractivity contribution in [2.75, 3.05) is 13.2 Å². The maximum atomic E-state index is 12.4. The molecule has 5 heteroatoms. The molecule has 0 spiro atoms. The van der Waals surface area contributed by atoms with Gasteiger partial charge in [-0.1, -0.05) is 357 Å². The molecule has 0 rings (SSSR count). The van der Waals surface area contributed by atoms with Crippen LogP contribution < -0.4 is 0 Å². The molecule has 0 aliphatic heterocycles. The quantitative estimate of drug-likeness (QED) is 0.0373. The van der Waals surface area contributed by atoms with Crippen LogP contribution in [-0.4, -0.2) is 36.4 Å². The van der Waals surface area contributed by atoms with E-state index < -0.39 is 6.10 Å². The summed E-state index contributed by atoms with van der Waals surface area (Å²) in [5, 5.41) is 9.71. The Hall–Kier alpha value is -2.40. The van der Waals surface area contributed by atoms with Crippen LogP contribution in [0.1, 0.15) is 386 Å². The molecule has 468 valence electrons. The Morgan fingerprint density at radius 1 is 0.300 bits per heavy atom. The summed E-state index contributed by atoms with van der Waals surface area (Å²) >= 11 is 0. The standard InChI is InChI=1S/C75H138O5/c1-3-5-7-9-11-13-15-17-19-21-23-25-27-29-31-33-35-36-37-38-40-42-44-46-48-50-52-54-56-58-60-62-64-66-68-70-75(78)80-73(71-76)72-79-74(77)69-67-65-63-61-59-57-55-53-51-49-47-45-43-41-39-34-32-30-28-26-24-22-20-18-16-14-12-10-8-6-4-2/h5,7,11,13,17,19,22-25,73,76H,3-4,6,8-10,12,14-16,18,20-21,26-72H2,1-2H3/b7-5-,13-11-,19-17-,24-22-,25-23-. The van der Waals surface area contributed by atoms with Crippen molar-refractivity contribution in [3.63, 3.8) is 0 Å². The molecular weight excluding hydrogens is 981 g/mol. The van der Waals surface area contributed by atoms with Crippen LogP contribution in [-0.2, 0) is 19.1 Å². The maximum Gasteiger partial charge on any atom is 0.306 e. The monoisotopic (exact) mass is 1120 g/mol. The molecule has 0 aliphatic rings. The molecule has 0 radical (unpaired) electrons. The molecule has 0 heterocycles. The van der Waals surface area contributed by atoms with Gasteiger partial charge in [0.2, 0.25) is 0 Å². The van der Waals surface area contributed by atoms with Crippen molar-refractivity contribution < 1.29 is 24.2 Å². The highest BCUT2D eigenvalue weighted by atomic mass is 16.6. The lowest BCUT2D eigenvalue weighted by Gasteiger charge is -2.15. The van der Waals surface area contributed by atoms with Crippen LogP contribution in [0.5, 0.6) is 0 Å². The molecule has 80 heavy (non-hydrogen) atoms. The van der Waals surface area contributed by atoms with Crippen LogP contribution in [0.15, 0.2) is 60.8 Å². The number of allylic oxidation sites excluding steroid dienone is 10. The zero-order valence-corrected chi connectivity index (χ0v) is 53.9. The fourth-order valence-electron chi connectivity index (χ4n) is 11.0. The molecule has 0 aromatic carbocycles. The van der Waals surface area contributed by atoms with E-state index in [4.69, 9.17) is 9.47 Å². The summed E-state index contributed by atoms with van der Waals surface area (Å²) in [6.45, 7) is 4.09. The average Bonchev–Trinajstić information content (AvgIpc) is 3.46. The molecule has 0 aromatic heterocycles. The van der Waals surface area contributed by atoms with Crippen LogP contribution in [0.4, 0.5) is 0 Å². The summed E-state index contributed by atoms with van der Waals surface area (Å²) in [5.74, 6) is -0.567. The normalized spacial score (nSPS) is 12.5. The van der Waals surface area contributed by atoms with Crippen molar-refractivity contribution in [3.05, 3.63) is 60.8 Å². The number of ether oxygens (including phenoxy) is 2. The molecule has 0 fully saturated rings. The van der Waals surface area contributed by atoms with Gasteiger partial charge in [-0.05, 0) is 77.0 Å². The molecule has 0 amide bonds. The van der Waals surface area contributed by atoms with Gasteiger partial charge in [0.15, 0.2) is 6.10 Å². The Kier molecular flexibility index (Phi) is 68.7. The van der Waals surface area contributed by atoms with E-state index in [1.54, 1.807) is 0 Å². The molecule has 0 aliphatic carbocycles. The molecule has 1 unspecified atom stereocenters. The van der Waals surface area contributed by atoms with Crippen LogP contribution in [0, 0.1) is 0 Å². The van der Waals surface area contributed by atoms with E-state index in [2.05, 4.69) is 74.6 Å². The highest BCUT2D eigenvalue weighted by molar-refractivity contribution is 5.70. The average molecular weight is 1120 g/mol. The highest BCUT2D eigenvalue weighted by Gasteiger charge is 2.16. The first-order chi connectivity index (χ1) is 39.6. The number of rotatable bonds is 67. The Bertz CT molecular complexity index is 1360. The van der Waals surface area contributed by atoms with Gasteiger partial charge in [0, 0.05) is 12.8 Å². The molecule has 0 bridgehead atoms. The minimum absolute atomic E-state index is 0.0603. The zero-order chi connectivity index (χ0) is 57.6. The first kappa shape index (κ1) is 77.6. The summed E-state index contributed by atoms with van der Waals surface area (Å²) in [6.07, 6.45) is 97.0. The van der Waals surface area contributed by atoms with Crippen LogP contribution in [0.2, 0.25) is 0 Å². The fraction of sp³-hybridized carbons (Fsp3) is 0.840. The summed E-state index contributed by atoms with van der Waals surface area (Å²) < 4.78 is 10.8. The Morgan fingerprint density at radius 3 is 0.825 bits per heavy atom. The maximum absolute atomic E-state index is 12.4. The van der Waals surface area contributed by atoms with Gasteiger partial charge in [-0.2, -0.15) is 0 Å². The van der Waals surface area contributed by atoms with Gasteiger partial charge in [0.05, 0.1) is 6.61 Å². The number of esters is 2. The molecule has 0 aromatic rings. The number of hydrogen-bond donors (Lipinski definition) is 1. The summed E-state index contributed by atoms with van der Waals surface area (Å²) in [5.41, 5.74) is 0. The van der Waals surface area contributed by atoms with Gasteiger partial charge in [-0.3, -0.25) is 9.59 Å². The molecule has 5 nitrogen and oxygen atoms in total. The predicted molar refractivity (Wildman–Crippen MR) is 353 cm³/mol. The molecule has 0 saturated carbocycles. The molecular formula is C75H138O5. The van der Waals surface area contributed by atoms with Gasteiger partial charge >= 0.3 is 11.9 Å². The summed E-state index contributed by atoms with van der Waals surface area (Å²) in [6, 6.07) is 0. The van der Waals surface area contributed by atoms with Gasteiger partial charge in [-0.25, -0.2) is 0 Å². The lowest BCUT2D eigenvalue weighted by atomic mass is 10.0. The van der Waals surface area contributed by atoms with Gasteiger partial charge in [-0.15, -0.1) is 0 Å². The zero-order valence-electron chi connectivity index (χ0n) is 53.9. The number of unbranched alkanes of at least 4 members (excludes halogenated alkanes) is 49. The van der Waals surface area contributed by atoms with Crippen molar-refractivity contribution >= 4 is 11.9 Å². The van der Waals surface area contributed by atoms with E-state index in [-0.39, 0.29) is 25.2 Å². The second-order valence-corrected chi connectivity index (χ2v) is 24.3. The largest absolute Gasteiger partial charge is 0.462 e. The minimum Gasteiger partial charge on any atom is -0.462 e. The SMILES string of the molecule is CC/C=C\C/C=C\C/C=C\C/C=C\CCCCCCCCCCCCCCCCCCCCCCCCC(=O)OC(CO)COC(=O)CCCCCCCCCCCCCCCCCCCCC/C=C\CCCCCCCCCC. The van der Waals surface area contributed by atoms with Crippen molar-refractivity contribution in [2.45, 2.75) is 392 Å². The lowest BCUT2D eigenvalue weighted by Crippen LogP contribution is -2.28. The van der Waals surface area contributed by atoms with E-state index in [0.717, 1.165) is 64.2 Å². The number of hydrogen-bond acceptors (Lipinski definition) is 5. The number of carbonyl (C=O) groups is 2. The third kappa shape index (κ3) is 68.1. The fourth-order valence-corrected chi connectivity index (χ4v) is 11.0. The van der Waals surface area contributed by atoms with E-state index in [1.807, 2.05) is 0 Å². The molecule has 1 atom stereocenters. The van der Waals surface area contributed by atoms with E-state index in [9.17, 15) is 14.7 Å². The number of aliphatic hydroxyl groups excluding tert-OH is 1. The van der Waals surface area contributed by atoms with E-state index in [1.165, 1.54) is 295 Å². The Balaban J connectivity index is 3.39. The number of aliphatic hydroxyl groups is 1. The van der Waals surface area contributed by atoms with Crippen molar-refractivity contribution in [1.29, 1.82) is 0 Å². The predicted octanol–water partition coefficient (Wildman–Crippen LogP) is 24.9. The highest BCUT2D eigenvalue weighted by Crippen LogP contribution is 2.19. The molecule has 0 saturated heterocycles. The summed E-state index contributed by atoms with van der Waals surface area (Å²) in [4.78, 5) is 24.7. The van der Waals surface area contributed by atoms with E-state index in [0.29, 0.717) is 12.8 Å². The van der Waals surface area contributed by atoms with Crippen LogP contribution in [0.25, 0.3) is 0 Å². The minimum atomic E-state index is -0.771. The second kappa shape index (κ2) is 70.9. The first-order valence-electron chi connectivity index (χ1n) is 35.8. The second-order valence-electron chi connectivity index (χ2n) is 24.3. The molecule has 1 N–H and O–H groups in total. The smallest absolute Gasteiger partial charge is 0.306 e. The van der Waals surface area contributed by atoms with Gasteiger partial charge < -0.3 is 14.6 Å². The third-order valence-electron chi connectivity index (χ3n) is 16.3. The summed E-state index contributed by atoms with van der Waals surface area (Å²) in [7, 11) is 0.